The molecule has 176 valence electrons. The van der Waals surface area contributed by atoms with Crippen LogP contribution in [0, 0.1) is 6.92 Å². The molecular formula is C26H32N2O3S2. The summed E-state index contributed by atoms with van der Waals surface area (Å²) in [7, 11) is -3.63. The molecule has 3 aromatic rings. The molecule has 0 aliphatic rings. The van der Waals surface area contributed by atoms with Gasteiger partial charge >= 0.3 is 0 Å². The third-order valence-electron chi connectivity index (χ3n) is 5.37. The van der Waals surface area contributed by atoms with E-state index < -0.39 is 10.0 Å². The van der Waals surface area contributed by atoms with Gasteiger partial charge in [0.1, 0.15) is 0 Å². The standard InChI is InChI=1S/C26H32N2O3S2/c1-3-4-17-28(33(30,31)21-24-13-9-6-10-14-24)20-26(29)27(18-23-11-7-5-8-12-23)19-25-16-15-22(2)32-25/h5-16H,3-4,17-21H2,1-2H3. The van der Waals surface area contributed by atoms with Crippen LogP contribution in [0.2, 0.25) is 0 Å². The first kappa shape index (κ1) is 25.1. The van der Waals surface area contributed by atoms with E-state index in [4.69, 9.17) is 0 Å². The second-order valence-electron chi connectivity index (χ2n) is 8.18. The molecule has 0 unspecified atom stereocenters. The minimum atomic E-state index is -3.63. The van der Waals surface area contributed by atoms with Crippen LogP contribution in [0.15, 0.2) is 72.8 Å². The lowest BCUT2D eigenvalue weighted by Crippen LogP contribution is -2.43. The van der Waals surface area contributed by atoms with Gasteiger partial charge in [-0.05, 0) is 36.6 Å². The van der Waals surface area contributed by atoms with Gasteiger partial charge in [-0.3, -0.25) is 4.79 Å². The van der Waals surface area contributed by atoms with E-state index in [-0.39, 0.29) is 18.2 Å². The zero-order chi connectivity index (χ0) is 23.7. The highest BCUT2D eigenvalue weighted by molar-refractivity contribution is 7.88. The second kappa shape index (κ2) is 12.1. The molecule has 7 heteroatoms. The SMILES string of the molecule is CCCCN(CC(=O)N(Cc1ccccc1)Cc1ccc(C)s1)S(=O)(=O)Cc1ccccc1. The van der Waals surface area contributed by atoms with Gasteiger partial charge in [0.05, 0.1) is 18.8 Å². The summed E-state index contributed by atoms with van der Waals surface area (Å²) in [6.07, 6.45) is 1.57. The predicted octanol–water partition coefficient (Wildman–Crippen LogP) is 5.22. The van der Waals surface area contributed by atoms with Gasteiger partial charge in [-0.1, -0.05) is 74.0 Å². The Labute approximate surface area is 201 Å². The molecule has 0 saturated heterocycles. The van der Waals surface area contributed by atoms with Gasteiger partial charge in [-0.25, -0.2) is 8.42 Å². The van der Waals surface area contributed by atoms with E-state index in [2.05, 4.69) is 0 Å². The Morgan fingerprint density at radius 2 is 1.52 bits per heavy atom. The zero-order valence-electron chi connectivity index (χ0n) is 19.3. The van der Waals surface area contributed by atoms with E-state index in [0.717, 1.165) is 22.4 Å². The maximum absolute atomic E-state index is 13.5. The van der Waals surface area contributed by atoms with Crippen molar-refractivity contribution in [3.8, 4) is 0 Å². The molecule has 0 radical (unpaired) electrons. The topological polar surface area (TPSA) is 57.7 Å². The molecule has 5 nitrogen and oxygen atoms in total. The smallest absolute Gasteiger partial charge is 0.238 e. The van der Waals surface area contributed by atoms with Crippen LogP contribution in [0.1, 0.15) is 40.6 Å². The molecule has 0 spiro atoms. The number of unbranched alkanes of at least 4 members (excludes halogenated alkanes) is 1. The number of amides is 1. The molecule has 0 saturated carbocycles. The largest absolute Gasteiger partial charge is 0.332 e. The maximum Gasteiger partial charge on any atom is 0.238 e. The lowest BCUT2D eigenvalue weighted by molar-refractivity contribution is -0.132. The van der Waals surface area contributed by atoms with Crippen molar-refractivity contribution in [1.29, 1.82) is 0 Å². The number of nitrogens with zero attached hydrogens (tertiary/aromatic N) is 2. The highest BCUT2D eigenvalue weighted by atomic mass is 32.2. The van der Waals surface area contributed by atoms with Gasteiger partial charge in [0.15, 0.2) is 0 Å². The van der Waals surface area contributed by atoms with Crippen molar-refractivity contribution in [3.05, 3.63) is 93.7 Å². The Kier molecular flexibility index (Phi) is 9.23. The first-order valence-electron chi connectivity index (χ1n) is 11.3. The Hall–Kier alpha value is -2.48. The van der Waals surface area contributed by atoms with Crippen molar-refractivity contribution in [1.82, 2.24) is 9.21 Å². The Morgan fingerprint density at radius 1 is 0.879 bits per heavy atom. The molecule has 0 bridgehead atoms. The van der Waals surface area contributed by atoms with Crippen molar-refractivity contribution in [2.45, 2.75) is 45.5 Å². The summed E-state index contributed by atoms with van der Waals surface area (Å²) < 4.78 is 27.8. The fourth-order valence-electron chi connectivity index (χ4n) is 3.57. The fraction of sp³-hybridized carbons (Fsp3) is 0.346. The number of aryl methyl sites for hydroxylation is 1. The number of carbonyl (C=O) groups is 1. The van der Waals surface area contributed by atoms with Crippen LogP contribution < -0.4 is 0 Å². The van der Waals surface area contributed by atoms with Gasteiger partial charge < -0.3 is 4.90 Å². The molecule has 0 atom stereocenters. The summed E-state index contributed by atoms with van der Waals surface area (Å²) in [5.41, 5.74) is 1.74. The van der Waals surface area contributed by atoms with Gasteiger partial charge in [0.25, 0.3) is 0 Å². The van der Waals surface area contributed by atoms with Crippen molar-refractivity contribution >= 4 is 27.3 Å². The normalized spacial score (nSPS) is 11.6. The first-order chi connectivity index (χ1) is 15.9. The molecule has 0 N–H and O–H groups in total. The molecule has 2 aromatic carbocycles. The summed E-state index contributed by atoms with van der Waals surface area (Å²) in [6, 6.07) is 23.0. The number of rotatable bonds is 12. The van der Waals surface area contributed by atoms with Crippen molar-refractivity contribution in [2.75, 3.05) is 13.1 Å². The van der Waals surface area contributed by atoms with E-state index in [9.17, 15) is 13.2 Å². The van der Waals surface area contributed by atoms with Crippen LogP contribution in [0.5, 0.6) is 0 Å². The van der Waals surface area contributed by atoms with Crippen molar-refractivity contribution < 1.29 is 13.2 Å². The Balaban J connectivity index is 1.80. The van der Waals surface area contributed by atoms with Crippen molar-refractivity contribution in [2.24, 2.45) is 0 Å². The van der Waals surface area contributed by atoms with Gasteiger partial charge in [-0.15, -0.1) is 11.3 Å². The molecule has 1 heterocycles. The lowest BCUT2D eigenvalue weighted by atomic mass is 10.2. The van der Waals surface area contributed by atoms with Crippen LogP contribution in [0.25, 0.3) is 0 Å². The van der Waals surface area contributed by atoms with Gasteiger partial charge in [0.2, 0.25) is 15.9 Å². The highest BCUT2D eigenvalue weighted by Gasteiger charge is 2.27. The minimum Gasteiger partial charge on any atom is -0.332 e. The van der Waals surface area contributed by atoms with Crippen LogP contribution in [-0.4, -0.2) is 36.6 Å². The summed E-state index contributed by atoms with van der Waals surface area (Å²) >= 11 is 1.66. The van der Waals surface area contributed by atoms with Gasteiger partial charge in [-0.2, -0.15) is 4.31 Å². The molecular weight excluding hydrogens is 452 g/mol. The van der Waals surface area contributed by atoms with Gasteiger partial charge in [0, 0.05) is 22.8 Å². The van der Waals surface area contributed by atoms with E-state index in [1.807, 2.05) is 74.5 Å². The van der Waals surface area contributed by atoms with Crippen molar-refractivity contribution in [3.63, 3.8) is 0 Å². The molecule has 33 heavy (non-hydrogen) atoms. The first-order valence-corrected chi connectivity index (χ1v) is 13.7. The van der Waals surface area contributed by atoms with Crippen LogP contribution in [0.3, 0.4) is 0 Å². The molecule has 1 amide bonds. The van der Waals surface area contributed by atoms with Crippen LogP contribution in [-0.2, 0) is 33.7 Å². The third-order valence-corrected chi connectivity index (χ3v) is 8.15. The van der Waals surface area contributed by atoms with E-state index in [0.29, 0.717) is 26.1 Å². The lowest BCUT2D eigenvalue weighted by Gasteiger charge is -2.27. The summed E-state index contributed by atoms with van der Waals surface area (Å²) in [4.78, 5) is 17.5. The molecule has 0 aliphatic heterocycles. The second-order valence-corrected chi connectivity index (χ2v) is 11.5. The Morgan fingerprint density at radius 3 is 2.09 bits per heavy atom. The van der Waals surface area contributed by atoms with Crippen LogP contribution in [0.4, 0.5) is 0 Å². The van der Waals surface area contributed by atoms with Crippen LogP contribution >= 0.6 is 11.3 Å². The molecule has 0 aliphatic carbocycles. The molecule has 0 fully saturated rings. The number of benzene rings is 2. The van der Waals surface area contributed by atoms with E-state index in [1.54, 1.807) is 28.4 Å². The number of hydrogen-bond donors (Lipinski definition) is 0. The Bertz CT molecular complexity index is 1110. The monoisotopic (exact) mass is 484 g/mol. The van der Waals surface area contributed by atoms with E-state index in [1.165, 1.54) is 9.18 Å². The maximum atomic E-state index is 13.5. The predicted molar refractivity (Wildman–Crippen MR) is 135 cm³/mol. The average Bonchev–Trinajstić information content (AvgIpc) is 3.21. The number of hydrogen-bond acceptors (Lipinski definition) is 4. The fourth-order valence-corrected chi connectivity index (χ4v) is 5.99. The number of thiophene rings is 1. The third kappa shape index (κ3) is 7.81. The minimum absolute atomic E-state index is 0.104. The molecule has 1 aromatic heterocycles. The quantitative estimate of drug-likeness (QED) is 0.354. The molecule has 3 rings (SSSR count). The summed E-state index contributed by atoms with van der Waals surface area (Å²) in [5, 5.41) is 0. The number of sulfonamides is 1. The summed E-state index contributed by atoms with van der Waals surface area (Å²) in [5.74, 6) is -0.286. The summed E-state index contributed by atoms with van der Waals surface area (Å²) in [6.45, 7) is 5.16. The zero-order valence-corrected chi connectivity index (χ0v) is 20.9. The number of carbonyl (C=O) groups excluding carboxylic acids is 1. The highest BCUT2D eigenvalue weighted by Crippen LogP contribution is 2.20. The average molecular weight is 485 g/mol. The van der Waals surface area contributed by atoms with E-state index >= 15 is 0 Å².